The summed E-state index contributed by atoms with van der Waals surface area (Å²) in [6, 6.07) is 0.419. The molecule has 1 saturated heterocycles. The number of hydrogen-bond acceptors (Lipinski definition) is 2. The van der Waals surface area contributed by atoms with Crippen molar-refractivity contribution in [1.82, 2.24) is 10.6 Å². The van der Waals surface area contributed by atoms with Crippen LogP contribution in [0.2, 0.25) is 0 Å². The van der Waals surface area contributed by atoms with Crippen molar-refractivity contribution in [2.45, 2.75) is 58.4 Å². The van der Waals surface area contributed by atoms with Gasteiger partial charge in [-0.1, -0.05) is 26.7 Å². The Hall–Kier alpha value is -0.570. The van der Waals surface area contributed by atoms with Crippen molar-refractivity contribution in [1.29, 1.82) is 0 Å². The molecule has 0 spiro atoms. The first kappa shape index (κ1) is 13.9. The van der Waals surface area contributed by atoms with Crippen LogP contribution in [0.3, 0.4) is 0 Å². The molecule has 2 rings (SSSR count). The fourth-order valence-corrected chi connectivity index (χ4v) is 3.40. The third-order valence-corrected chi connectivity index (χ3v) is 4.99. The molecule has 3 atom stereocenters. The van der Waals surface area contributed by atoms with Gasteiger partial charge in [0.1, 0.15) is 0 Å². The van der Waals surface area contributed by atoms with E-state index < -0.39 is 0 Å². The standard InChI is InChI=1S/C15H28N2O/c1-11-4-3-5-14(12(11)2)17-15(18)10-13-6-8-16-9-7-13/h11-14,16H,3-10H2,1-2H3,(H,17,18). The molecule has 3 nitrogen and oxygen atoms in total. The molecule has 104 valence electrons. The monoisotopic (exact) mass is 252 g/mol. The van der Waals surface area contributed by atoms with E-state index in [1.165, 1.54) is 19.3 Å². The van der Waals surface area contributed by atoms with Crippen LogP contribution in [-0.4, -0.2) is 25.0 Å². The van der Waals surface area contributed by atoms with Crippen molar-refractivity contribution >= 4 is 5.91 Å². The van der Waals surface area contributed by atoms with E-state index in [0.29, 0.717) is 17.9 Å². The summed E-state index contributed by atoms with van der Waals surface area (Å²) in [7, 11) is 0. The highest BCUT2D eigenvalue weighted by Gasteiger charge is 2.28. The third-order valence-electron chi connectivity index (χ3n) is 4.99. The van der Waals surface area contributed by atoms with Crippen molar-refractivity contribution in [2.24, 2.45) is 17.8 Å². The third kappa shape index (κ3) is 3.71. The maximum Gasteiger partial charge on any atom is 0.220 e. The molecule has 0 aromatic heterocycles. The van der Waals surface area contributed by atoms with Crippen LogP contribution in [0.15, 0.2) is 0 Å². The SMILES string of the molecule is CC1CCCC(NC(=O)CC2CCNCC2)C1C. The van der Waals surface area contributed by atoms with Gasteiger partial charge in [0, 0.05) is 12.5 Å². The smallest absolute Gasteiger partial charge is 0.220 e. The Morgan fingerprint density at radius 1 is 1.17 bits per heavy atom. The molecular formula is C15H28N2O. The molecule has 2 fully saturated rings. The first-order valence-electron chi connectivity index (χ1n) is 7.67. The van der Waals surface area contributed by atoms with E-state index in [0.717, 1.165) is 38.3 Å². The molecule has 0 aromatic carbocycles. The van der Waals surface area contributed by atoms with Gasteiger partial charge in [-0.15, -0.1) is 0 Å². The van der Waals surface area contributed by atoms with E-state index in [9.17, 15) is 4.79 Å². The fraction of sp³-hybridized carbons (Fsp3) is 0.933. The number of carbonyl (C=O) groups is 1. The van der Waals surface area contributed by atoms with E-state index in [1.54, 1.807) is 0 Å². The van der Waals surface area contributed by atoms with E-state index in [2.05, 4.69) is 24.5 Å². The molecule has 1 aliphatic heterocycles. The average molecular weight is 252 g/mol. The summed E-state index contributed by atoms with van der Waals surface area (Å²) in [4.78, 5) is 12.1. The van der Waals surface area contributed by atoms with Gasteiger partial charge in [-0.05, 0) is 50.1 Å². The number of carbonyl (C=O) groups excluding carboxylic acids is 1. The van der Waals surface area contributed by atoms with Crippen molar-refractivity contribution in [3.63, 3.8) is 0 Å². The summed E-state index contributed by atoms with van der Waals surface area (Å²) in [6.07, 6.45) is 6.81. The second kappa shape index (κ2) is 6.55. The second-order valence-corrected chi connectivity index (χ2v) is 6.34. The zero-order valence-electron chi connectivity index (χ0n) is 11.9. The molecular weight excluding hydrogens is 224 g/mol. The van der Waals surface area contributed by atoms with E-state index in [4.69, 9.17) is 0 Å². The van der Waals surface area contributed by atoms with E-state index >= 15 is 0 Å². The lowest BCUT2D eigenvalue weighted by atomic mass is 9.78. The van der Waals surface area contributed by atoms with Crippen molar-refractivity contribution < 1.29 is 4.79 Å². The Morgan fingerprint density at radius 3 is 2.61 bits per heavy atom. The minimum atomic E-state index is 0.285. The highest BCUT2D eigenvalue weighted by Crippen LogP contribution is 2.29. The lowest BCUT2D eigenvalue weighted by molar-refractivity contribution is -0.123. The van der Waals surface area contributed by atoms with Crippen LogP contribution in [0.1, 0.15) is 52.4 Å². The van der Waals surface area contributed by atoms with Crippen LogP contribution in [0, 0.1) is 17.8 Å². The Bertz CT molecular complexity index is 274. The van der Waals surface area contributed by atoms with Crippen LogP contribution in [0.25, 0.3) is 0 Å². The quantitative estimate of drug-likeness (QED) is 0.809. The summed E-state index contributed by atoms with van der Waals surface area (Å²) in [5.41, 5.74) is 0. The topological polar surface area (TPSA) is 41.1 Å². The summed E-state index contributed by atoms with van der Waals surface area (Å²) in [6.45, 7) is 6.76. The van der Waals surface area contributed by atoms with Crippen molar-refractivity contribution in [3.05, 3.63) is 0 Å². The van der Waals surface area contributed by atoms with Gasteiger partial charge < -0.3 is 10.6 Å². The van der Waals surface area contributed by atoms with Crippen LogP contribution in [0.5, 0.6) is 0 Å². The number of nitrogens with one attached hydrogen (secondary N) is 2. The number of piperidine rings is 1. The number of rotatable bonds is 3. The summed E-state index contributed by atoms with van der Waals surface area (Å²) in [5, 5.41) is 6.64. The maximum absolute atomic E-state index is 12.1. The summed E-state index contributed by atoms with van der Waals surface area (Å²) in [5.74, 6) is 2.27. The minimum Gasteiger partial charge on any atom is -0.353 e. The van der Waals surface area contributed by atoms with Crippen LogP contribution in [-0.2, 0) is 4.79 Å². The molecule has 2 aliphatic rings. The van der Waals surface area contributed by atoms with E-state index in [-0.39, 0.29) is 5.91 Å². The number of hydrogen-bond donors (Lipinski definition) is 2. The Balaban J connectivity index is 1.75. The first-order chi connectivity index (χ1) is 8.66. The Kier molecular flexibility index (Phi) is 5.04. The normalized spacial score (nSPS) is 34.2. The van der Waals surface area contributed by atoms with Crippen LogP contribution < -0.4 is 10.6 Å². The minimum absolute atomic E-state index is 0.285. The number of amides is 1. The van der Waals surface area contributed by atoms with Gasteiger partial charge in [0.15, 0.2) is 0 Å². The van der Waals surface area contributed by atoms with E-state index in [1.807, 2.05) is 0 Å². The lowest BCUT2D eigenvalue weighted by Crippen LogP contribution is -2.44. The van der Waals surface area contributed by atoms with Crippen molar-refractivity contribution in [2.75, 3.05) is 13.1 Å². The van der Waals surface area contributed by atoms with Gasteiger partial charge in [-0.25, -0.2) is 0 Å². The van der Waals surface area contributed by atoms with Crippen molar-refractivity contribution in [3.8, 4) is 0 Å². The van der Waals surface area contributed by atoms with Gasteiger partial charge in [0.25, 0.3) is 0 Å². The predicted octanol–water partition coefficient (Wildman–Crippen LogP) is 2.32. The molecule has 0 aromatic rings. The molecule has 1 amide bonds. The second-order valence-electron chi connectivity index (χ2n) is 6.34. The predicted molar refractivity (Wildman–Crippen MR) is 74.3 cm³/mol. The first-order valence-corrected chi connectivity index (χ1v) is 7.67. The van der Waals surface area contributed by atoms with Crippen LogP contribution in [0.4, 0.5) is 0 Å². The fourth-order valence-electron chi connectivity index (χ4n) is 3.40. The van der Waals surface area contributed by atoms with Gasteiger partial charge >= 0.3 is 0 Å². The molecule has 3 unspecified atom stereocenters. The summed E-state index contributed by atoms with van der Waals surface area (Å²) >= 11 is 0. The average Bonchev–Trinajstić information content (AvgIpc) is 2.36. The zero-order valence-corrected chi connectivity index (χ0v) is 11.9. The van der Waals surface area contributed by atoms with Gasteiger partial charge in [-0.3, -0.25) is 4.79 Å². The highest BCUT2D eigenvalue weighted by molar-refractivity contribution is 5.76. The summed E-state index contributed by atoms with van der Waals surface area (Å²) < 4.78 is 0. The van der Waals surface area contributed by atoms with Gasteiger partial charge in [0.2, 0.25) is 5.91 Å². The lowest BCUT2D eigenvalue weighted by Gasteiger charge is -2.35. The molecule has 0 radical (unpaired) electrons. The molecule has 1 heterocycles. The largest absolute Gasteiger partial charge is 0.353 e. The molecule has 1 aliphatic carbocycles. The molecule has 3 heteroatoms. The molecule has 2 N–H and O–H groups in total. The van der Waals surface area contributed by atoms with Gasteiger partial charge in [0.05, 0.1) is 0 Å². The zero-order chi connectivity index (χ0) is 13.0. The van der Waals surface area contributed by atoms with Crippen LogP contribution >= 0.6 is 0 Å². The van der Waals surface area contributed by atoms with Gasteiger partial charge in [-0.2, -0.15) is 0 Å². The maximum atomic E-state index is 12.1. The Labute approximate surface area is 111 Å². The Morgan fingerprint density at radius 2 is 1.89 bits per heavy atom. The molecule has 0 bridgehead atoms. The molecule has 18 heavy (non-hydrogen) atoms. The molecule has 1 saturated carbocycles. The highest BCUT2D eigenvalue weighted by atomic mass is 16.1.